The molecule has 0 atom stereocenters. The van der Waals surface area contributed by atoms with Crippen LogP contribution in [0.4, 0.5) is 11.4 Å². The van der Waals surface area contributed by atoms with Gasteiger partial charge in [-0.2, -0.15) is 0 Å². The highest BCUT2D eigenvalue weighted by molar-refractivity contribution is 6.03. The topological polar surface area (TPSA) is 117 Å². The monoisotopic (exact) mass is 352 g/mol. The normalized spacial score (nSPS) is 14.1. The number of hydrogen-bond acceptors (Lipinski definition) is 9. The molecule has 1 aliphatic rings. The van der Waals surface area contributed by atoms with Crippen LogP contribution in [0.25, 0.3) is 0 Å². The summed E-state index contributed by atoms with van der Waals surface area (Å²) in [5, 5.41) is 11.4. The molecular formula is C15H16N2O8. The number of ether oxygens (including phenoxy) is 4. The molecular weight excluding hydrogens is 336 g/mol. The van der Waals surface area contributed by atoms with Gasteiger partial charge < -0.3 is 23.8 Å². The largest absolute Gasteiger partial charge is 0.496 e. The number of hydrogen-bond donors (Lipinski definition) is 0. The predicted octanol–water partition coefficient (Wildman–Crippen LogP) is 0.998. The van der Waals surface area contributed by atoms with Crippen molar-refractivity contribution >= 4 is 23.3 Å². The number of carbonyl (C=O) groups is 2. The molecule has 1 heterocycles. The lowest BCUT2D eigenvalue weighted by Crippen LogP contribution is -2.39. The second kappa shape index (κ2) is 7.62. The van der Waals surface area contributed by atoms with E-state index >= 15 is 0 Å². The molecule has 0 unspecified atom stereocenters. The number of benzene rings is 1. The number of nitro groups is 1. The molecule has 0 saturated heterocycles. The molecule has 0 fully saturated rings. The van der Waals surface area contributed by atoms with Crippen LogP contribution in [0, 0.1) is 10.1 Å². The number of nitrogens with zero attached hydrogens (tertiary/aromatic N) is 2. The van der Waals surface area contributed by atoms with E-state index < -0.39 is 16.9 Å². The fraction of sp³-hybridized carbons (Fsp3) is 0.333. The summed E-state index contributed by atoms with van der Waals surface area (Å²) in [5.41, 5.74) is -0.539. The Morgan fingerprint density at radius 2 is 1.88 bits per heavy atom. The third-order valence-electron chi connectivity index (χ3n) is 3.50. The molecule has 1 aliphatic heterocycles. The zero-order valence-electron chi connectivity index (χ0n) is 13.8. The van der Waals surface area contributed by atoms with E-state index in [1.54, 1.807) is 0 Å². The third kappa shape index (κ3) is 3.53. The van der Waals surface area contributed by atoms with Crippen LogP contribution in [0.2, 0.25) is 0 Å². The Morgan fingerprint density at radius 3 is 2.44 bits per heavy atom. The number of nitro benzene ring substituents is 1. The van der Waals surface area contributed by atoms with Gasteiger partial charge in [-0.15, -0.1) is 0 Å². The maximum Gasteiger partial charge on any atom is 0.355 e. The zero-order chi connectivity index (χ0) is 18.6. The standard InChI is InChI=1S/C15H16N2O8/c1-22-9-4-5-11(12(6-9)17(20)21)16-8-25-7-10(14(18)23-2)13(16)15(19)24-3/h4-6H,7-8H2,1-3H3. The van der Waals surface area contributed by atoms with Crippen molar-refractivity contribution in [3.05, 3.63) is 39.6 Å². The first-order valence-electron chi connectivity index (χ1n) is 7.02. The van der Waals surface area contributed by atoms with Crippen LogP contribution < -0.4 is 9.64 Å². The van der Waals surface area contributed by atoms with Crippen LogP contribution in [0.3, 0.4) is 0 Å². The van der Waals surface area contributed by atoms with Crippen LogP contribution in [0.5, 0.6) is 5.75 Å². The Balaban J connectivity index is 2.65. The molecule has 10 heteroatoms. The summed E-state index contributed by atoms with van der Waals surface area (Å²) in [6.45, 7) is -0.365. The number of carbonyl (C=O) groups excluding carboxylic acids is 2. The number of rotatable bonds is 5. The van der Waals surface area contributed by atoms with Gasteiger partial charge in [0.05, 0.1) is 44.5 Å². The van der Waals surface area contributed by atoms with E-state index in [2.05, 4.69) is 4.74 Å². The summed E-state index contributed by atoms with van der Waals surface area (Å²) in [5.74, 6) is -1.36. The summed E-state index contributed by atoms with van der Waals surface area (Å²) in [6, 6.07) is 4.09. The van der Waals surface area contributed by atoms with E-state index in [4.69, 9.17) is 14.2 Å². The van der Waals surface area contributed by atoms with Gasteiger partial charge >= 0.3 is 11.9 Å². The van der Waals surface area contributed by atoms with Gasteiger partial charge in [0.1, 0.15) is 23.9 Å². The molecule has 0 saturated carbocycles. The van der Waals surface area contributed by atoms with Gasteiger partial charge in [-0.1, -0.05) is 0 Å². The third-order valence-corrected chi connectivity index (χ3v) is 3.50. The van der Waals surface area contributed by atoms with Crippen molar-refractivity contribution in [2.24, 2.45) is 0 Å². The van der Waals surface area contributed by atoms with E-state index in [1.165, 1.54) is 30.2 Å². The lowest BCUT2D eigenvalue weighted by molar-refractivity contribution is -0.384. The molecule has 0 aromatic heterocycles. The minimum absolute atomic E-state index is 0.0484. The first-order valence-corrected chi connectivity index (χ1v) is 7.02. The van der Waals surface area contributed by atoms with Crippen molar-refractivity contribution in [1.29, 1.82) is 0 Å². The lowest BCUT2D eigenvalue weighted by Gasteiger charge is -2.30. The molecule has 0 amide bonds. The van der Waals surface area contributed by atoms with E-state index in [9.17, 15) is 19.7 Å². The molecule has 1 aromatic rings. The summed E-state index contributed by atoms with van der Waals surface area (Å²) in [7, 11) is 3.66. The molecule has 1 aromatic carbocycles. The predicted molar refractivity (Wildman–Crippen MR) is 84.0 cm³/mol. The molecule has 0 radical (unpaired) electrons. The highest BCUT2D eigenvalue weighted by atomic mass is 16.6. The Hall–Kier alpha value is -3.14. The van der Waals surface area contributed by atoms with Gasteiger partial charge in [0.25, 0.3) is 5.69 Å². The molecule has 0 bridgehead atoms. The molecule has 2 rings (SSSR count). The summed E-state index contributed by atoms with van der Waals surface area (Å²) < 4.78 is 19.6. The maximum atomic E-state index is 12.2. The van der Waals surface area contributed by atoms with E-state index in [0.717, 1.165) is 14.2 Å². The van der Waals surface area contributed by atoms with Crippen molar-refractivity contribution in [3.63, 3.8) is 0 Å². The van der Waals surface area contributed by atoms with Crippen LogP contribution in [0.1, 0.15) is 0 Å². The van der Waals surface area contributed by atoms with Crippen LogP contribution in [-0.4, -0.2) is 51.5 Å². The minimum Gasteiger partial charge on any atom is -0.496 e. The second-order valence-electron chi connectivity index (χ2n) is 4.83. The maximum absolute atomic E-state index is 12.2. The Morgan fingerprint density at radius 1 is 1.20 bits per heavy atom. The molecule has 0 aliphatic carbocycles. The van der Waals surface area contributed by atoms with Crippen molar-refractivity contribution in [2.75, 3.05) is 39.6 Å². The van der Waals surface area contributed by atoms with Crippen LogP contribution in [0.15, 0.2) is 29.5 Å². The van der Waals surface area contributed by atoms with Crippen molar-refractivity contribution in [3.8, 4) is 5.75 Å². The van der Waals surface area contributed by atoms with Gasteiger partial charge in [0.15, 0.2) is 0 Å². The van der Waals surface area contributed by atoms with Crippen molar-refractivity contribution < 1.29 is 33.5 Å². The average molecular weight is 352 g/mol. The van der Waals surface area contributed by atoms with Gasteiger partial charge in [-0.25, -0.2) is 9.59 Å². The summed E-state index contributed by atoms with van der Waals surface area (Å²) in [4.78, 5) is 36.1. The van der Waals surface area contributed by atoms with E-state index in [0.29, 0.717) is 0 Å². The van der Waals surface area contributed by atoms with Gasteiger partial charge in [0.2, 0.25) is 0 Å². The van der Waals surface area contributed by atoms with E-state index in [-0.39, 0.29) is 41.7 Å². The number of anilines is 1. The fourth-order valence-corrected chi connectivity index (χ4v) is 2.34. The first kappa shape index (κ1) is 18.2. The summed E-state index contributed by atoms with van der Waals surface area (Å²) >= 11 is 0. The quantitative estimate of drug-likeness (QED) is 0.434. The summed E-state index contributed by atoms with van der Waals surface area (Å²) in [6.07, 6.45) is 0. The Kier molecular flexibility index (Phi) is 5.55. The number of esters is 2. The van der Waals surface area contributed by atoms with Crippen LogP contribution in [-0.2, 0) is 23.8 Å². The second-order valence-corrected chi connectivity index (χ2v) is 4.83. The highest BCUT2D eigenvalue weighted by Gasteiger charge is 2.35. The molecule has 134 valence electrons. The van der Waals surface area contributed by atoms with Gasteiger partial charge in [-0.3, -0.25) is 10.1 Å². The Bertz CT molecular complexity index is 743. The van der Waals surface area contributed by atoms with Crippen molar-refractivity contribution in [1.82, 2.24) is 0 Å². The lowest BCUT2D eigenvalue weighted by atomic mass is 10.1. The number of methoxy groups -OCH3 is 3. The van der Waals surface area contributed by atoms with Crippen LogP contribution >= 0.6 is 0 Å². The van der Waals surface area contributed by atoms with Crippen molar-refractivity contribution in [2.45, 2.75) is 0 Å². The van der Waals surface area contributed by atoms with Gasteiger partial charge in [-0.05, 0) is 12.1 Å². The molecule has 10 nitrogen and oxygen atoms in total. The molecule has 0 spiro atoms. The molecule has 0 N–H and O–H groups in total. The Labute approximate surface area is 142 Å². The average Bonchev–Trinajstić information content (AvgIpc) is 2.65. The SMILES string of the molecule is COC(=O)C1=C(C(=O)OC)N(c2ccc(OC)cc2[N+](=O)[O-])COC1. The fourth-order valence-electron chi connectivity index (χ4n) is 2.34. The molecule has 25 heavy (non-hydrogen) atoms. The highest BCUT2D eigenvalue weighted by Crippen LogP contribution is 2.36. The van der Waals surface area contributed by atoms with E-state index in [1.807, 2.05) is 0 Å². The first-order chi connectivity index (χ1) is 11.9. The zero-order valence-corrected chi connectivity index (χ0v) is 13.8. The van der Waals surface area contributed by atoms with Gasteiger partial charge in [0, 0.05) is 0 Å². The smallest absolute Gasteiger partial charge is 0.355 e. The minimum atomic E-state index is -0.839.